The van der Waals surface area contributed by atoms with Gasteiger partial charge in [-0.2, -0.15) is 0 Å². The molecule has 0 spiro atoms. The van der Waals surface area contributed by atoms with Crippen LogP contribution in [-0.4, -0.2) is 30.0 Å². The minimum atomic E-state index is -0.520. The molecule has 1 N–H and O–H groups in total. The number of amides is 1. The summed E-state index contributed by atoms with van der Waals surface area (Å²) in [4.78, 5) is 39.3. The third-order valence-corrected chi connectivity index (χ3v) is 5.63. The zero-order valence-electron chi connectivity index (χ0n) is 19.3. The van der Waals surface area contributed by atoms with Crippen LogP contribution >= 0.6 is 0 Å². The average molecular weight is 443 g/mol. The Hall–Kier alpha value is -4.07. The topological polar surface area (TPSA) is 94.7 Å². The van der Waals surface area contributed by atoms with Crippen molar-refractivity contribution in [3.05, 3.63) is 82.3 Å². The first-order valence-electron chi connectivity index (χ1n) is 10.7. The van der Waals surface area contributed by atoms with Gasteiger partial charge in [-0.15, -0.1) is 0 Å². The molecular formula is C25H26N6O2. The van der Waals surface area contributed by atoms with Crippen LogP contribution in [-0.2, 0) is 7.05 Å². The molecule has 0 fully saturated rings. The van der Waals surface area contributed by atoms with Crippen LogP contribution < -0.4 is 10.9 Å². The molecule has 8 nitrogen and oxygen atoms in total. The zero-order valence-corrected chi connectivity index (χ0v) is 19.3. The summed E-state index contributed by atoms with van der Waals surface area (Å²) in [6.07, 6.45) is 5.36. The summed E-state index contributed by atoms with van der Waals surface area (Å²) in [5.74, 6) is 0.535. The van der Waals surface area contributed by atoms with Gasteiger partial charge < -0.3 is 14.5 Å². The van der Waals surface area contributed by atoms with E-state index >= 15 is 0 Å². The highest BCUT2D eigenvalue weighted by Crippen LogP contribution is 2.24. The summed E-state index contributed by atoms with van der Waals surface area (Å²) in [7, 11) is 1.66. The molecular weight excluding hydrogens is 416 g/mol. The maximum atomic E-state index is 13.1. The molecule has 4 aromatic rings. The van der Waals surface area contributed by atoms with Crippen molar-refractivity contribution < 1.29 is 4.79 Å². The number of anilines is 1. The van der Waals surface area contributed by atoms with Crippen LogP contribution in [0.15, 0.2) is 59.8 Å². The summed E-state index contributed by atoms with van der Waals surface area (Å²) in [5.41, 5.74) is 3.55. The van der Waals surface area contributed by atoms with E-state index in [1.165, 1.54) is 4.57 Å². The van der Waals surface area contributed by atoms with E-state index in [1.54, 1.807) is 37.6 Å². The molecule has 0 atom stereocenters. The molecule has 0 aliphatic heterocycles. The van der Waals surface area contributed by atoms with Crippen molar-refractivity contribution in [2.45, 2.75) is 33.7 Å². The van der Waals surface area contributed by atoms with Crippen molar-refractivity contribution in [3.8, 4) is 22.6 Å². The van der Waals surface area contributed by atoms with Gasteiger partial charge in [-0.3, -0.25) is 14.6 Å². The fourth-order valence-corrected chi connectivity index (χ4v) is 3.65. The second kappa shape index (κ2) is 8.82. The Morgan fingerprint density at radius 1 is 1.09 bits per heavy atom. The highest BCUT2D eigenvalue weighted by Gasteiger charge is 2.18. The first kappa shape index (κ1) is 22.1. The summed E-state index contributed by atoms with van der Waals surface area (Å²) < 4.78 is 3.49. The van der Waals surface area contributed by atoms with E-state index < -0.39 is 5.91 Å². The van der Waals surface area contributed by atoms with Crippen LogP contribution in [0.4, 0.5) is 5.82 Å². The Morgan fingerprint density at radius 3 is 2.58 bits per heavy atom. The summed E-state index contributed by atoms with van der Waals surface area (Å²) in [6, 6.07) is 11.0. The van der Waals surface area contributed by atoms with E-state index in [0.29, 0.717) is 17.3 Å². The van der Waals surface area contributed by atoms with E-state index in [0.717, 1.165) is 22.5 Å². The van der Waals surface area contributed by atoms with Crippen LogP contribution in [0.5, 0.6) is 0 Å². The molecule has 0 aliphatic rings. The second-order valence-electron chi connectivity index (χ2n) is 8.22. The van der Waals surface area contributed by atoms with Gasteiger partial charge in [0.25, 0.3) is 11.5 Å². The molecule has 0 saturated heterocycles. The zero-order chi connectivity index (χ0) is 23.7. The van der Waals surface area contributed by atoms with Crippen LogP contribution in [0.3, 0.4) is 0 Å². The number of rotatable bonds is 5. The Balaban J connectivity index is 1.69. The lowest BCUT2D eigenvalue weighted by Crippen LogP contribution is -2.29. The molecule has 8 heteroatoms. The van der Waals surface area contributed by atoms with Crippen LogP contribution in [0.2, 0.25) is 0 Å². The fraction of sp³-hybridized carbons (Fsp3) is 0.240. The normalized spacial score (nSPS) is 11.1. The molecule has 0 saturated carbocycles. The Bertz CT molecular complexity index is 1380. The molecule has 1 amide bonds. The third kappa shape index (κ3) is 4.32. The quantitative estimate of drug-likeness (QED) is 0.501. The number of nitrogens with one attached hydrogen (secondary N) is 1. The lowest BCUT2D eigenvalue weighted by atomic mass is 10.0. The van der Waals surface area contributed by atoms with E-state index in [9.17, 15) is 9.59 Å². The van der Waals surface area contributed by atoms with Crippen LogP contribution in [0.1, 0.15) is 41.6 Å². The van der Waals surface area contributed by atoms with Crippen molar-refractivity contribution in [1.82, 2.24) is 24.1 Å². The van der Waals surface area contributed by atoms with E-state index in [1.807, 2.05) is 42.8 Å². The SMILES string of the molecule is Cc1ccc(-c2cc(C(=O)Nc3cccc(-c4nccn4C(C)C)n3)c(=O)n(C)c2C)cn1. The highest BCUT2D eigenvalue weighted by molar-refractivity contribution is 6.04. The minimum Gasteiger partial charge on any atom is -0.327 e. The Kier molecular flexibility index (Phi) is 5.91. The molecule has 0 aliphatic carbocycles. The smallest absolute Gasteiger partial charge is 0.263 e. The predicted octanol–water partition coefficient (Wildman–Crippen LogP) is 4.16. The van der Waals surface area contributed by atoms with Crippen molar-refractivity contribution >= 4 is 11.7 Å². The van der Waals surface area contributed by atoms with Gasteiger partial charge in [0, 0.05) is 54.2 Å². The van der Waals surface area contributed by atoms with Gasteiger partial charge >= 0.3 is 0 Å². The van der Waals surface area contributed by atoms with E-state index in [4.69, 9.17) is 0 Å². The fourth-order valence-electron chi connectivity index (χ4n) is 3.65. The molecule has 4 rings (SSSR count). The van der Waals surface area contributed by atoms with Crippen molar-refractivity contribution in [2.75, 3.05) is 5.32 Å². The van der Waals surface area contributed by atoms with Crippen molar-refractivity contribution in [2.24, 2.45) is 7.05 Å². The monoisotopic (exact) mass is 442 g/mol. The van der Waals surface area contributed by atoms with Crippen molar-refractivity contribution in [3.63, 3.8) is 0 Å². The first-order chi connectivity index (χ1) is 15.8. The lowest BCUT2D eigenvalue weighted by Gasteiger charge is -2.14. The second-order valence-corrected chi connectivity index (χ2v) is 8.22. The molecule has 0 aromatic carbocycles. The van der Waals surface area contributed by atoms with Gasteiger partial charge in [0.15, 0.2) is 5.82 Å². The Morgan fingerprint density at radius 2 is 1.88 bits per heavy atom. The number of hydrogen-bond acceptors (Lipinski definition) is 5. The summed E-state index contributed by atoms with van der Waals surface area (Å²) >= 11 is 0. The molecule has 168 valence electrons. The molecule has 0 unspecified atom stereocenters. The number of carbonyl (C=O) groups is 1. The van der Waals surface area contributed by atoms with E-state index in [-0.39, 0.29) is 17.2 Å². The highest BCUT2D eigenvalue weighted by atomic mass is 16.2. The Labute approximate surface area is 192 Å². The summed E-state index contributed by atoms with van der Waals surface area (Å²) in [6.45, 7) is 7.88. The number of aryl methyl sites for hydroxylation is 1. The standard InChI is InChI=1S/C25H26N6O2/c1-15(2)31-12-11-26-23(31)21-7-6-8-22(28-21)29-24(32)20-13-19(17(4)30(5)25(20)33)18-10-9-16(3)27-14-18/h6-15H,1-5H3,(H,28,29,32). The van der Waals surface area contributed by atoms with Crippen molar-refractivity contribution in [1.29, 1.82) is 0 Å². The summed E-state index contributed by atoms with van der Waals surface area (Å²) in [5, 5.41) is 2.77. The number of hydrogen-bond donors (Lipinski definition) is 1. The molecule has 4 heterocycles. The number of nitrogens with zero attached hydrogens (tertiary/aromatic N) is 5. The van der Waals surface area contributed by atoms with Crippen LogP contribution in [0, 0.1) is 13.8 Å². The maximum absolute atomic E-state index is 13.1. The minimum absolute atomic E-state index is 0.0366. The molecule has 0 radical (unpaired) electrons. The van der Waals surface area contributed by atoms with Crippen LogP contribution in [0.25, 0.3) is 22.6 Å². The number of imidazole rings is 1. The van der Waals surface area contributed by atoms with E-state index in [2.05, 4.69) is 34.1 Å². The predicted molar refractivity (Wildman–Crippen MR) is 128 cm³/mol. The molecule has 4 aromatic heterocycles. The molecule has 0 bridgehead atoms. The lowest BCUT2D eigenvalue weighted by molar-refractivity contribution is 0.102. The molecule has 33 heavy (non-hydrogen) atoms. The van der Waals surface area contributed by atoms with Gasteiger partial charge in [-0.05, 0) is 52.0 Å². The number of pyridine rings is 3. The number of aromatic nitrogens is 5. The number of carbonyl (C=O) groups excluding carboxylic acids is 1. The third-order valence-electron chi connectivity index (χ3n) is 5.63. The average Bonchev–Trinajstić information content (AvgIpc) is 3.29. The first-order valence-corrected chi connectivity index (χ1v) is 10.7. The van der Waals surface area contributed by atoms with Gasteiger partial charge in [0.05, 0.1) is 0 Å². The maximum Gasteiger partial charge on any atom is 0.263 e. The van der Waals surface area contributed by atoms with Gasteiger partial charge in [-0.1, -0.05) is 12.1 Å². The van der Waals surface area contributed by atoms with Gasteiger partial charge in [-0.25, -0.2) is 9.97 Å². The van der Waals surface area contributed by atoms with Gasteiger partial charge in [0.2, 0.25) is 0 Å². The largest absolute Gasteiger partial charge is 0.327 e. The van der Waals surface area contributed by atoms with Gasteiger partial charge in [0.1, 0.15) is 17.1 Å².